The fourth-order valence-electron chi connectivity index (χ4n) is 3.84. The van der Waals surface area contributed by atoms with Gasteiger partial charge < -0.3 is 10.1 Å². The fourth-order valence-corrected chi connectivity index (χ4v) is 3.84. The number of hydrogen-bond donors (Lipinski definition) is 1. The van der Waals surface area contributed by atoms with Crippen molar-refractivity contribution in [2.75, 3.05) is 13.1 Å². The van der Waals surface area contributed by atoms with Gasteiger partial charge in [-0.2, -0.15) is 5.10 Å². The Labute approximate surface area is 152 Å². The molecule has 0 bridgehead atoms. The van der Waals surface area contributed by atoms with Crippen molar-refractivity contribution in [3.63, 3.8) is 0 Å². The van der Waals surface area contributed by atoms with E-state index in [-0.39, 0.29) is 18.0 Å². The molecule has 5 nitrogen and oxygen atoms in total. The Balaban J connectivity index is 1.83. The van der Waals surface area contributed by atoms with Crippen LogP contribution in [0.15, 0.2) is 41.5 Å². The Morgan fingerprint density at radius 3 is 2.81 bits per heavy atom. The quantitative estimate of drug-likeness (QED) is 0.902. The number of nitrogens with zero attached hydrogens (tertiary/aromatic N) is 3. The highest BCUT2D eigenvalue weighted by molar-refractivity contribution is 5.93. The lowest BCUT2D eigenvalue weighted by Gasteiger charge is -2.39. The summed E-state index contributed by atoms with van der Waals surface area (Å²) < 4.78 is 21.6. The predicted molar refractivity (Wildman–Crippen MR) is 101 cm³/mol. The van der Waals surface area contributed by atoms with Crippen molar-refractivity contribution < 1.29 is 9.13 Å². The minimum Gasteiger partial charge on any atom is -0.364 e. The molecular weight excluding hydrogens is 331 g/mol. The Morgan fingerprint density at radius 1 is 1.27 bits per heavy atom. The van der Waals surface area contributed by atoms with Crippen LogP contribution in [0.25, 0.3) is 16.8 Å². The summed E-state index contributed by atoms with van der Waals surface area (Å²) in [5.74, 6) is -0.255. The summed E-state index contributed by atoms with van der Waals surface area (Å²) in [6.07, 6.45) is 5.94. The number of fused-ring (bicyclic) bond motifs is 1. The second-order valence-electron chi connectivity index (χ2n) is 7.16. The lowest BCUT2D eigenvalue weighted by molar-refractivity contribution is -0.0351. The molecular formula is C20H23FN4O. The van der Waals surface area contributed by atoms with Gasteiger partial charge in [0.1, 0.15) is 11.4 Å². The zero-order valence-corrected chi connectivity index (χ0v) is 15.2. The van der Waals surface area contributed by atoms with E-state index in [0.29, 0.717) is 0 Å². The van der Waals surface area contributed by atoms with Crippen LogP contribution in [-0.2, 0) is 11.8 Å². The van der Waals surface area contributed by atoms with E-state index in [1.54, 1.807) is 16.8 Å². The maximum atomic E-state index is 13.4. The number of dihydropyridines is 1. The van der Waals surface area contributed by atoms with Crippen molar-refractivity contribution in [3.05, 3.63) is 47.9 Å². The predicted octanol–water partition coefficient (Wildman–Crippen LogP) is 2.83. The first-order valence-electron chi connectivity index (χ1n) is 8.90. The first kappa shape index (κ1) is 17.1. The van der Waals surface area contributed by atoms with Gasteiger partial charge in [-0.25, -0.2) is 4.39 Å². The van der Waals surface area contributed by atoms with Gasteiger partial charge in [-0.3, -0.25) is 9.67 Å². The highest BCUT2D eigenvalue weighted by atomic mass is 19.1. The van der Waals surface area contributed by atoms with Gasteiger partial charge in [-0.05, 0) is 49.8 Å². The topological polar surface area (TPSA) is 51.4 Å². The zero-order chi connectivity index (χ0) is 18.3. The number of halogens is 1. The van der Waals surface area contributed by atoms with E-state index in [0.717, 1.165) is 35.5 Å². The molecule has 2 aromatic rings. The van der Waals surface area contributed by atoms with Gasteiger partial charge in [0, 0.05) is 43.7 Å². The third-order valence-corrected chi connectivity index (χ3v) is 5.13. The Morgan fingerprint density at radius 2 is 2.04 bits per heavy atom. The van der Waals surface area contributed by atoms with E-state index < -0.39 is 5.60 Å². The van der Waals surface area contributed by atoms with Crippen LogP contribution in [0.2, 0.25) is 0 Å². The average Bonchev–Trinajstić information content (AvgIpc) is 2.90. The summed E-state index contributed by atoms with van der Waals surface area (Å²) in [6, 6.07) is 6.44. The normalized spacial score (nSPS) is 28.4. The van der Waals surface area contributed by atoms with Crippen LogP contribution >= 0.6 is 0 Å². The highest BCUT2D eigenvalue weighted by Crippen LogP contribution is 2.41. The maximum absolute atomic E-state index is 13.4. The molecule has 1 fully saturated rings. The summed E-state index contributed by atoms with van der Waals surface area (Å²) in [5, 5.41) is 8.06. The van der Waals surface area contributed by atoms with Crippen LogP contribution in [0.1, 0.15) is 19.4 Å². The molecule has 0 amide bonds. The van der Waals surface area contributed by atoms with E-state index in [9.17, 15) is 4.39 Å². The molecule has 1 saturated heterocycles. The second kappa shape index (κ2) is 6.45. The van der Waals surface area contributed by atoms with Crippen molar-refractivity contribution in [1.29, 1.82) is 0 Å². The minimum atomic E-state index is -0.546. The molecule has 3 atom stereocenters. The molecule has 0 radical (unpaired) electrons. The van der Waals surface area contributed by atoms with Crippen LogP contribution in [0.5, 0.6) is 0 Å². The summed E-state index contributed by atoms with van der Waals surface area (Å²) in [6.45, 7) is 5.74. The standard InChI is InChI=1S/C20H23FN4O/c1-13-10-22-11-18-20(2,26-13)17(8-9-23-18)16-12-25(3)24-19(16)14-4-6-15(21)7-5-14/h4-9,12-13,18,22H,10-11H2,1-3H3. The fraction of sp³-hybridized carbons (Fsp3) is 0.400. The molecule has 1 aromatic carbocycles. The largest absolute Gasteiger partial charge is 0.364 e. The van der Waals surface area contributed by atoms with Crippen LogP contribution in [0, 0.1) is 5.82 Å². The number of hydrogen-bond acceptors (Lipinski definition) is 4. The molecule has 3 unspecified atom stereocenters. The smallest absolute Gasteiger partial charge is 0.123 e. The van der Waals surface area contributed by atoms with Crippen molar-refractivity contribution in [2.24, 2.45) is 12.0 Å². The lowest BCUT2D eigenvalue weighted by atomic mass is 9.81. The minimum absolute atomic E-state index is 0.00581. The van der Waals surface area contributed by atoms with Gasteiger partial charge >= 0.3 is 0 Å². The molecule has 6 heteroatoms. The van der Waals surface area contributed by atoms with Gasteiger partial charge in [0.2, 0.25) is 0 Å². The monoisotopic (exact) mass is 354 g/mol. The number of aliphatic imine (C=N–C) groups is 1. The first-order valence-corrected chi connectivity index (χ1v) is 8.90. The van der Waals surface area contributed by atoms with Gasteiger partial charge in [0.15, 0.2) is 0 Å². The number of rotatable bonds is 2. The van der Waals surface area contributed by atoms with Gasteiger partial charge in [0.25, 0.3) is 0 Å². The van der Waals surface area contributed by atoms with Crippen molar-refractivity contribution in [2.45, 2.75) is 31.6 Å². The lowest BCUT2D eigenvalue weighted by Crippen LogP contribution is -2.46. The highest BCUT2D eigenvalue weighted by Gasteiger charge is 2.44. The third kappa shape index (κ3) is 2.89. The molecule has 1 aromatic heterocycles. The Kier molecular flexibility index (Phi) is 4.25. The van der Waals surface area contributed by atoms with Crippen molar-refractivity contribution in [1.82, 2.24) is 15.1 Å². The molecule has 0 saturated carbocycles. The number of aryl methyl sites for hydroxylation is 1. The Hall–Kier alpha value is -2.31. The van der Waals surface area contributed by atoms with E-state index in [4.69, 9.17) is 4.74 Å². The SMILES string of the molecule is CC1CNCC2N=CC=C(c3cn(C)nc3-c3ccc(F)cc3)C2(C)O1. The van der Waals surface area contributed by atoms with Crippen LogP contribution < -0.4 is 5.32 Å². The summed E-state index contributed by atoms with van der Waals surface area (Å²) in [4.78, 5) is 4.65. The second-order valence-corrected chi connectivity index (χ2v) is 7.16. The molecule has 0 spiro atoms. The van der Waals surface area contributed by atoms with E-state index in [1.807, 2.05) is 25.5 Å². The van der Waals surface area contributed by atoms with Gasteiger partial charge in [-0.15, -0.1) is 0 Å². The average molecular weight is 354 g/mol. The van der Waals surface area contributed by atoms with Crippen LogP contribution in [0.4, 0.5) is 4.39 Å². The summed E-state index contributed by atoms with van der Waals surface area (Å²) in [5.41, 5.74) is 3.20. The summed E-state index contributed by atoms with van der Waals surface area (Å²) >= 11 is 0. The molecule has 3 heterocycles. The molecule has 1 N–H and O–H groups in total. The number of ether oxygens (including phenoxy) is 1. The van der Waals surface area contributed by atoms with E-state index in [1.165, 1.54) is 12.1 Å². The van der Waals surface area contributed by atoms with E-state index >= 15 is 0 Å². The molecule has 4 rings (SSSR count). The molecule has 0 aliphatic carbocycles. The van der Waals surface area contributed by atoms with E-state index in [2.05, 4.69) is 29.3 Å². The molecule has 136 valence electrons. The number of nitrogens with one attached hydrogen (secondary N) is 1. The molecule has 2 aliphatic rings. The van der Waals surface area contributed by atoms with Crippen molar-refractivity contribution in [3.8, 4) is 11.3 Å². The zero-order valence-electron chi connectivity index (χ0n) is 15.2. The van der Waals surface area contributed by atoms with Crippen LogP contribution in [-0.4, -0.2) is 46.8 Å². The maximum Gasteiger partial charge on any atom is 0.123 e. The van der Waals surface area contributed by atoms with Crippen LogP contribution in [0.3, 0.4) is 0 Å². The van der Waals surface area contributed by atoms with Crippen molar-refractivity contribution >= 4 is 11.8 Å². The third-order valence-electron chi connectivity index (χ3n) is 5.13. The summed E-state index contributed by atoms with van der Waals surface area (Å²) in [7, 11) is 1.89. The Bertz CT molecular complexity index is 870. The number of aromatic nitrogens is 2. The molecule has 2 aliphatic heterocycles. The number of benzene rings is 1. The van der Waals surface area contributed by atoms with Gasteiger partial charge in [0.05, 0.1) is 17.8 Å². The molecule has 26 heavy (non-hydrogen) atoms. The first-order chi connectivity index (χ1) is 12.5. The van der Waals surface area contributed by atoms with Gasteiger partial charge in [-0.1, -0.05) is 0 Å². The number of allylic oxidation sites excluding steroid dienone is 1.